The van der Waals surface area contributed by atoms with Gasteiger partial charge in [-0.05, 0) is 43.2 Å². The Kier molecular flexibility index (Phi) is 9.27. The lowest BCUT2D eigenvalue weighted by molar-refractivity contribution is -0.138. The molecule has 2 rings (SSSR count). The van der Waals surface area contributed by atoms with Gasteiger partial charge in [-0.1, -0.05) is 47.5 Å². The van der Waals surface area contributed by atoms with Crippen LogP contribution in [0.2, 0.25) is 10.0 Å². The summed E-state index contributed by atoms with van der Waals surface area (Å²) in [5.74, 6) is -0.250. The molecule has 8 heteroatoms. The van der Waals surface area contributed by atoms with Crippen LogP contribution in [0.15, 0.2) is 42.5 Å². The van der Waals surface area contributed by atoms with Crippen LogP contribution in [0.4, 0.5) is 4.39 Å². The van der Waals surface area contributed by atoms with Crippen molar-refractivity contribution in [3.63, 3.8) is 0 Å². The highest BCUT2D eigenvalue weighted by Gasteiger charge is 2.26. The highest BCUT2D eigenvalue weighted by Crippen LogP contribution is 2.24. The van der Waals surface area contributed by atoms with Crippen LogP contribution >= 0.6 is 35.0 Å². The van der Waals surface area contributed by atoms with Crippen molar-refractivity contribution in [1.29, 1.82) is 0 Å². The van der Waals surface area contributed by atoms with E-state index in [1.165, 1.54) is 22.7 Å². The first kappa shape index (κ1) is 23.5. The van der Waals surface area contributed by atoms with E-state index in [1.54, 1.807) is 43.3 Å². The van der Waals surface area contributed by atoms with E-state index in [4.69, 9.17) is 23.2 Å². The van der Waals surface area contributed by atoms with Gasteiger partial charge in [0.15, 0.2) is 0 Å². The standard InChI is InChI=1S/C21H23Cl2FN2O2S/c1-3-25-21(28)14(2)26(11-15-8-9-17(22)18(23)10-15)20(27)13-29-12-16-6-4-5-7-19(16)24/h4-10,14H,3,11-13H2,1-2H3,(H,25,28)/t14-/m1/s1. The fraction of sp³-hybridized carbons (Fsp3) is 0.333. The summed E-state index contributed by atoms with van der Waals surface area (Å²) in [5.41, 5.74) is 1.31. The summed E-state index contributed by atoms with van der Waals surface area (Å²) in [6.45, 7) is 4.19. The van der Waals surface area contributed by atoms with Gasteiger partial charge in [0.25, 0.3) is 0 Å². The minimum absolute atomic E-state index is 0.124. The van der Waals surface area contributed by atoms with E-state index >= 15 is 0 Å². The van der Waals surface area contributed by atoms with Gasteiger partial charge in [-0.15, -0.1) is 11.8 Å². The maximum Gasteiger partial charge on any atom is 0.242 e. The van der Waals surface area contributed by atoms with Gasteiger partial charge in [0.2, 0.25) is 11.8 Å². The molecule has 156 valence electrons. The Morgan fingerprint density at radius 3 is 2.55 bits per heavy atom. The van der Waals surface area contributed by atoms with Gasteiger partial charge in [0.05, 0.1) is 15.8 Å². The molecule has 0 fully saturated rings. The maximum atomic E-state index is 13.8. The highest BCUT2D eigenvalue weighted by molar-refractivity contribution is 7.99. The van der Waals surface area contributed by atoms with Crippen molar-refractivity contribution < 1.29 is 14.0 Å². The Morgan fingerprint density at radius 1 is 1.17 bits per heavy atom. The topological polar surface area (TPSA) is 49.4 Å². The molecule has 0 heterocycles. The number of carbonyl (C=O) groups is 2. The van der Waals surface area contributed by atoms with Gasteiger partial charge >= 0.3 is 0 Å². The zero-order valence-electron chi connectivity index (χ0n) is 16.3. The van der Waals surface area contributed by atoms with E-state index in [0.29, 0.717) is 27.9 Å². The summed E-state index contributed by atoms with van der Waals surface area (Å²) in [7, 11) is 0. The lowest BCUT2D eigenvalue weighted by Crippen LogP contribution is -2.48. The molecule has 0 aliphatic heterocycles. The average molecular weight is 457 g/mol. The average Bonchev–Trinajstić information content (AvgIpc) is 2.69. The molecule has 0 bridgehead atoms. The van der Waals surface area contributed by atoms with Gasteiger partial charge < -0.3 is 10.2 Å². The summed E-state index contributed by atoms with van der Waals surface area (Å²) in [6.07, 6.45) is 0. The minimum Gasteiger partial charge on any atom is -0.355 e. The molecular formula is C21H23Cl2FN2O2S. The third-order valence-corrected chi connectivity index (χ3v) is 6.00. The van der Waals surface area contributed by atoms with Crippen LogP contribution in [0.1, 0.15) is 25.0 Å². The molecule has 29 heavy (non-hydrogen) atoms. The molecule has 0 spiro atoms. The van der Waals surface area contributed by atoms with Crippen molar-refractivity contribution in [3.8, 4) is 0 Å². The third-order valence-electron chi connectivity index (χ3n) is 4.30. The lowest BCUT2D eigenvalue weighted by atomic mass is 10.1. The fourth-order valence-electron chi connectivity index (χ4n) is 2.69. The number of hydrogen-bond acceptors (Lipinski definition) is 3. The predicted molar refractivity (Wildman–Crippen MR) is 118 cm³/mol. The normalized spacial score (nSPS) is 11.8. The minimum atomic E-state index is -0.661. The van der Waals surface area contributed by atoms with E-state index in [2.05, 4.69) is 5.32 Å². The SMILES string of the molecule is CCNC(=O)[C@@H](C)N(Cc1ccc(Cl)c(Cl)c1)C(=O)CSCc1ccccc1F. The number of benzene rings is 2. The molecule has 1 atom stereocenters. The number of rotatable bonds is 9. The van der Waals surface area contributed by atoms with Crippen LogP contribution in [0, 0.1) is 5.82 Å². The second-order valence-corrected chi connectivity index (χ2v) is 8.22. The van der Waals surface area contributed by atoms with Crippen molar-refractivity contribution in [3.05, 3.63) is 69.5 Å². The number of hydrogen-bond donors (Lipinski definition) is 1. The van der Waals surface area contributed by atoms with Crippen LogP contribution in [-0.4, -0.2) is 35.1 Å². The van der Waals surface area contributed by atoms with Crippen LogP contribution in [0.5, 0.6) is 0 Å². The van der Waals surface area contributed by atoms with Crippen LogP contribution in [-0.2, 0) is 21.9 Å². The first-order valence-electron chi connectivity index (χ1n) is 9.15. The molecule has 2 amide bonds. The van der Waals surface area contributed by atoms with Gasteiger partial charge in [-0.3, -0.25) is 9.59 Å². The van der Waals surface area contributed by atoms with Gasteiger partial charge in [-0.2, -0.15) is 0 Å². The number of thioether (sulfide) groups is 1. The molecule has 0 aliphatic rings. The summed E-state index contributed by atoms with van der Waals surface area (Å²) >= 11 is 13.3. The van der Waals surface area contributed by atoms with Crippen molar-refractivity contribution in [2.75, 3.05) is 12.3 Å². The Morgan fingerprint density at radius 2 is 1.90 bits per heavy atom. The number of nitrogens with one attached hydrogen (secondary N) is 1. The monoisotopic (exact) mass is 456 g/mol. The molecule has 1 N–H and O–H groups in total. The van der Waals surface area contributed by atoms with Crippen molar-refractivity contribution in [2.24, 2.45) is 0 Å². The highest BCUT2D eigenvalue weighted by atomic mass is 35.5. The molecule has 0 saturated heterocycles. The Hall–Kier alpha value is -1.76. The molecule has 0 radical (unpaired) electrons. The fourth-order valence-corrected chi connectivity index (χ4v) is 3.90. The smallest absolute Gasteiger partial charge is 0.242 e. The first-order valence-corrected chi connectivity index (χ1v) is 11.1. The van der Waals surface area contributed by atoms with Crippen LogP contribution in [0.3, 0.4) is 0 Å². The Balaban J connectivity index is 2.10. The van der Waals surface area contributed by atoms with Crippen LogP contribution in [0.25, 0.3) is 0 Å². The van der Waals surface area contributed by atoms with Gasteiger partial charge in [0.1, 0.15) is 11.9 Å². The molecule has 2 aromatic carbocycles. The number of likely N-dealkylation sites (N-methyl/N-ethyl adjacent to an activating group) is 1. The molecule has 0 saturated carbocycles. The molecule has 4 nitrogen and oxygen atoms in total. The number of amides is 2. The lowest BCUT2D eigenvalue weighted by Gasteiger charge is -2.28. The van der Waals surface area contributed by atoms with E-state index in [0.717, 1.165) is 5.56 Å². The number of nitrogens with zero attached hydrogens (tertiary/aromatic N) is 1. The van der Waals surface area contributed by atoms with E-state index in [1.807, 2.05) is 6.92 Å². The summed E-state index contributed by atoms with van der Waals surface area (Å²) in [4.78, 5) is 26.7. The van der Waals surface area contributed by atoms with Gasteiger partial charge in [-0.25, -0.2) is 4.39 Å². The van der Waals surface area contributed by atoms with Crippen molar-refractivity contribution in [2.45, 2.75) is 32.2 Å². The van der Waals surface area contributed by atoms with E-state index in [9.17, 15) is 14.0 Å². The van der Waals surface area contributed by atoms with E-state index < -0.39 is 6.04 Å². The quantitative estimate of drug-likeness (QED) is 0.582. The second-order valence-electron chi connectivity index (χ2n) is 6.42. The zero-order valence-corrected chi connectivity index (χ0v) is 18.6. The van der Waals surface area contributed by atoms with E-state index in [-0.39, 0.29) is 29.9 Å². The summed E-state index contributed by atoms with van der Waals surface area (Å²) < 4.78 is 13.8. The molecular weight excluding hydrogens is 434 g/mol. The summed E-state index contributed by atoms with van der Waals surface area (Å²) in [6, 6.07) is 10.9. The zero-order chi connectivity index (χ0) is 21.4. The number of carbonyl (C=O) groups excluding carboxylic acids is 2. The molecule has 0 unspecified atom stereocenters. The largest absolute Gasteiger partial charge is 0.355 e. The third kappa shape index (κ3) is 6.91. The Bertz CT molecular complexity index is 866. The Labute approximate surface area is 184 Å². The summed E-state index contributed by atoms with van der Waals surface area (Å²) in [5, 5.41) is 3.55. The van der Waals surface area contributed by atoms with Crippen molar-refractivity contribution >= 4 is 46.8 Å². The second kappa shape index (κ2) is 11.4. The maximum absolute atomic E-state index is 13.8. The molecule has 0 aromatic heterocycles. The van der Waals surface area contributed by atoms with Crippen molar-refractivity contribution in [1.82, 2.24) is 10.2 Å². The van der Waals surface area contributed by atoms with Gasteiger partial charge in [0, 0.05) is 18.8 Å². The van der Waals surface area contributed by atoms with Crippen LogP contribution < -0.4 is 5.32 Å². The molecule has 0 aliphatic carbocycles. The predicted octanol–water partition coefficient (Wildman–Crippen LogP) is 4.92. The number of halogens is 3. The molecule has 2 aromatic rings. The first-order chi connectivity index (χ1) is 13.8.